The third-order valence-corrected chi connectivity index (χ3v) is 10.8. The van der Waals surface area contributed by atoms with Crippen LogP contribution in [-0.4, -0.2) is 15.4 Å². The molecular formula is C25H54OSi. The monoisotopic (exact) mass is 398 g/mol. The van der Waals surface area contributed by atoms with E-state index >= 15 is 0 Å². The highest BCUT2D eigenvalue weighted by molar-refractivity contribution is 6.73. The number of hydrogen-bond acceptors (Lipinski definition) is 1. The minimum Gasteiger partial charge on any atom is -0.420 e. The largest absolute Gasteiger partial charge is 0.420 e. The van der Waals surface area contributed by atoms with Crippen molar-refractivity contribution in [2.24, 2.45) is 17.8 Å². The van der Waals surface area contributed by atoms with Gasteiger partial charge in [0.2, 0.25) is 0 Å². The Kier molecular flexibility index (Phi) is 17.2. The molecule has 1 nitrogen and oxygen atoms in total. The van der Waals surface area contributed by atoms with E-state index in [9.17, 15) is 0 Å². The summed E-state index contributed by atoms with van der Waals surface area (Å²) in [7, 11) is 0.543. The maximum atomic E-state index is 6.36. The van der Waals surface area contributed by atoms with Crippen LogP contribution in [0.2, 0.25) is 18.1 Å². The molecule has 27 heavy (non-hydrogen) atoms. The molecule has 0 aromatic heterocycles. The van der Waals surface area contributed by atoms with Crippen LogP contribution >= 0.6 is 0 Å². The zero-order valence-corrected chi connectivity index (χ0v) is 21.2. The van der Waals surface area contributed by atoms with Crippen LogP contribution in [0.4, 0.5) is 0 Å². The first-order valence-corrected chi connectivity index (χ1v) is 14.9. The molecule has 0 aliphatic heterocycles. The van der Waals surface area contributed by atoms with Gasteiger partial charge in [0, 0.05) is 7.11 Å². The van der Waals surface area contributed by atoms with Gasteiger partial charge in [-0.05, 0) is 35.9 Å². The van der Waals surface area contributed by atoms with Crippen molar-refractivity contribution in [3.05, 3.63) is 0 Å². The Labute approximate surface area is 174 Å². The first-order valence-electron chi connectivity index (χ1n) is 12.4. The molecule has 0 saturated carbocycles. The Morgan fingerprint density at radius 2 is 0.778 bits per heavy atom. The highest BCUT2D eigenvalue weighted by Gasteiger charge is 2.32. The van der Waals surface area contributed by atoms with Gasteiger partial charge in [-0.3, -0.25) is 0 Å². The zero-order chi connectivity index (χ0) is 20.5. The fraction of sp³-hybridized carbons (Fsp3) is 1.00. The van der Waals surface area contributed by atoms with E-state index in [4.69, 9.17) is 4.43 Å². The second-order valence-corrected chi connectivity index (χ2v) is 14.6. The zero-order valence-electron chi connectivity index (χ0n) is 20.2. The van der Waals surface area contributed by atoms with Crippen LogP contribution in [0.5, 0.6) is 0 Å². The average molecular weight is 399 g/mol. The summed E-state index contributed by atoms with van der Waals surface area (Å²) < 4.78 is 6.36. The minimum atomic E-state index is -1.50. The maximum Gasteiger partial charge on any atom is 0.192 e. The van der Waals surface area contributed by atoms with Gasteiger partial charge < -0.3 is 4.43 Å². The lowest BCUT2D eigenvalue weighted by Crippen LogP contribution is -2.36. The fourth-order valence-corrected chi connectivity index (χ4v) is 8.26. The lowest BCUT2D eigenvalue weighted by atomic mass is 10.1. The van der Waals surface area contributed by atoms with Crippen molar-refractivity contribution in [2.75, 3.05) is 7.11 Å². The van der Waals surface area contributed by atoms with Gasteiger partial charge in [0.1, 0.15) is 0 Å². The summed E-state index contributed by atoms with van der Waals surface area (Å²) in [5, 5.41) is 0. The van der Waals surface area contributed by atoms with E-state index in [1.54, 1.807) is 0 Å². The van der Waals surface area contributed by atoms with Crippen LogP contribution in [0.3, 0.4) is 0 Å². The summed E-state index contributed by atoms with van der Waals surface area (Å²) in [6.07, 6.45) is 16.9. The molecule has 0 aliphatic carbocycles. The van der Waals surface area contributed by atoms with Crippen molar-refractivity contribution >= 4 is 8.32 Å². The quantitative estimate of drug-likeness (QED) is 0.155. The van der Waals surface area contributed by atoms with Gasteiger partial charge in [0.05, 0.1) is 0 Å². The molecule has 0 spiro atoms. The molecule has 164 valence electrons. The standard InChI is InChI=1S/C25H54OSi/c1-23(2)17-11-8-14-20-27(26-7,21-15-9-12-18-24(3)4)22-16-10-13-19-25(5)6/h23-25H,8-22H2,1-7H3. The van der Waals surface area contributed by atoms with E-state index < -0.39 is 8.32 Å². The topological polar surface area (TPSA) is 9.23 Å². The van der Waals surface area contributed by atoms with E-state index in [1.165, 1.54) is 95.2 Å². The van der Waals surface area contributed by atoms with Gasteiger partial charge in [-0.15, -0.1) is 0 Å². The highest BCUT2D eigenvalue weighted by atomic mass is 28.4. The lowest BCUT2D eigenvalue weighted by Gasteiger charge is -2.30. The Hall–Kier alpha value is 0.177. The summed E-state index contributed by atoms with van der Waals surface area (Å²) in [4.78, 5) is 0. The second kappa shape index (κ2) is 17.1. The van der Waals surface area contributed by atoms with Gasteiger partial charge in [-0.1, -0.05) is 119 Å². The molecule has 2 heteroatoms. The summed E-state index contributed by atoms with van der Waals surface area (Å²) >= 11 is 0. The third-order valence-electron chi connectivity index (χ3n) is 6.17. The number of rotatable bonds is 19. The fourth-order valence-electron chi connectivity index (χ4n) is 4.21. The molecule has 0 amide bonds. The van der Waals surface area contributed by atoms with Crippen molar-refractivity contribution in [1.29, 1.82) is 0 Å². The Morgan fingerprint density at radius 3 is 1.00 bits per heavy atom. The molecule has 0 radical (unpaired) electrons. The van der Waals surface area contributed by atoms with Crippen molar-refractivity contribution in [1.82, 2.24) is 0 Å². The molecule has 0 rings (SSSR count). The maximum absolute atomic E-state index is 6.36. The summed E-state index contributed by atoms with van der Waals surface area (Å²) in [6, 6.07) is 4.24. The van der Waals surface area contributed by atoms with Crippen LogP contribution in [0.1, 0.15) is 119 Å². The van der Waals surface area contributed by atoms with Gasteiger partial charge in [-0.2, -0.15) is 0 Å². The Morgan fingerprint density at radius 1 is 0.481 bits per heavy atom. The highest BCUT2D eigenvalue weighted by Crippen LogP contribution is 2.30. The molecule has 0 heterocycles. The normalized spacial score (nSPS) is 12.7. The molecule has 0 saturated heterocycles. The molecule has 0 aromatic carbocycles. The van der Waals surface area contributed by atoms with Crippen LogP contribution in [0.15, 0.2) is 0 Å². The predicted octanol–water partition coefficient (Wildman–Crippen LogP) is 9.23. The Bertz CT molecular complexity index is 266. The first-order chi connectivity index (χ1) is 12.8. The van der Waals surface area contributed by atoms with E-state index in [2.05, 4.69) is 41.5 Å². The summed E-state index contributed by atoms with van der Waals surface area (Å²) in [6.45, 7) is 14.1. The van der Waals surface area contributed by atoms with Crippen molar-refractivity contribution in [2.45, 2.75) is 137 Å². The minimum absolute atomic E-state index is 0.858. The number of unbranched alkanes of at least 4 members (excludes halogenated alkanes) is 6. The van der Waals surface area contributed by atoms with Crippen LogP contribution in [0.25, 0.3) is 0 Å². The van der Waals surface area contributed by atoms with Crippen LogP contribution in [0, 0.1) is 17.8 Å². The SMILES string of the molecule is CO[Si](CCCCCC(C)C)(CCCCCC(C)C)CCCCCC(C)C. The van der Waals surface area contributed by atoms with Gasteiger partial charge in [0.15, 0.2) is 8.32 Å². The average Bonchev–Trinajstić information content (AvgIpc) is 2.59. The van der Waals surface area contributed by atoms with Crippen molar-refractivity contribution in [3.63, 3.8) is 0 Å². The molecule has 0 N–H and O–H groups in total. The Balaban J connectivity index is 4.35. The van der Waals surface area contributed by atoms with Crippen molar-refractivity contribution < 1.29 is 4.43 Å². The van der Waals surface area contributed by atoms with Gasteiger partial charge in [-0.25, -0.2) is 0 Å². The third kappa shape index (κ3) is 16.8. The van der Waals surface area contributed by atoms with Crippen LogP contribution < -0.4 is 0 Å². The molecule has 0 aromatic rings. The molecule has 0 aliphatic rings. The van der Waals surface area contributed by atoms with Crippen molar-refractivity contribution in [3.8, 4) is 0 Å². The summed E-state index contributed by atoms with van der Waals surface area (Å²) in [5.41, 5.74) is 0. The number of hydrogen-bond donors (Lipinski definition) is 0. The van der Waals surface area contributed by atoms with E-state index in [0.717, 1.165) is 17.8 Å². The van der Waals surface area contributed by atoms with Gasteiger partial charge >= 0.3 is 0 Å². The molecule has 0 atom stereocenters. The molecular weight excluding hydrogens is 344 g/mol. The van der Waals surface area contributed by atoms with Gasteiger partial charge in [0.25, 0.3) is 0 Å². The lowest BCUT2D eigenvalue weighted by molar-refractivity contribution is 0.379. The first kappa shape index (κ1) is 27.2. The molecule has 0 bridgehead atoms. The molecule has 0 unspecified atom stereocenters. The van der Waals surface area contributed by atoms with E-state index in [0.29, 0.717) is 0 Å². The van der Waals surface area contributed by atoms with Crippen LogP contribution in [-0.2, 0) is 4.43 Å². The van der Waals surface area contributed by atoms with E-state index in [-0.39, 0.29) is 0 Å². The molecule has 0 fully saturated rings. The second-order valence-electron chi connectivity index (χ2n) is 10.4. The smallest absolute Gasteiger partial charge is 0.192 e. The predicted molar refractivity (Wildman–Crippen MR) is 127 cm³/mol. The summed E-state index contributed by atoms with van der Waals surface area (Å²) in [5.74, 6) is 2.57. The van der Waals surface area contributed by atoms with E-state index in [1.807, 2.05) is 7.11 Å².